The lowest BCUT2D eigenvalue weighted by atomic mass is 9.94. The fourth-order valence-electron chi connectivity index (χ4n) is 3.53. The standard InChI is InChI=1S/C25H22N2O6/c28-21-13-17(15-26-23(21)24(31)27-16-22(29)30)7-8-25(9-11-32-12-10-25)33-20-6-5-18-3-1-2-4-19(18)14-20/h1-6,13-15,28H,9-12,16H2,(H,27,31)(H,29,30). The molecule has 0 unspecified atom stereocenters. The third-order valence-electron chi connectivity index (χ3n) is 5.25. The van der Waals surface area contributed by atoms with Gasteiger partial charge in [-0.25, -0.2) is 4.98 Å². The molecule has 0 radical (unpaired) electrons. The maximum Gasteiger partial charge on any atom is 0.322 e. The van der Waals surface area contributed by atoms with Crippen LogP contribution in [0.2, 0.25) is 0 Å². The molecule has 8 heteroatoms. The van der Waals surface area contributed by atoms with E-state index in [1.807, 2.05) is 42.5 Å². The molecule has 4 rings (SSSR count). The Bertz CT molecular complexity index is 1250. The van der Waals surface area contributed by atoms with Crippen LogP contribution >= 0.6 is 0 Å². The molecule has 33 heavy (non-hydrogen) atoms. The molecule has 0 spiro atoms. The van der Waals surface area contributed by atoms with Gasteiger partial charge in [0.15, 0.2) is 11.3 Å². The van der Waals surface area contributed by atoms with Crippen molar-refractivity contribution in [3.63, 3.8) is 0 Å². The van der Waals surface area contributed by atoms with Crippen molar-refractivity contribution in [3.8, 4) is 23.3 Å². The van der Waals surface area contributed by atoms with Gasteiger partial charge in [-0.05, 0) is 34.9 Å². The zero-order valence-electron chi connectivity index (χ0n) is 17.7. The molecule has 1 aromatic heterocycles. The van der Waals surface area contributed by atoms with Crippen LogP contribution in [0.25, 0.3) is 10.8 Å². The zero-order chi connectivity index (χ0) is 23.3. The number of amides is 1. The number of hydrogen-bond acceptors (Lipinski definition) is 6. The van der Waals surface area contributed by atoms with E-state index >= 15 is 0 Å². The molecule has 8 nitrogen and oxygen atoms in total. The number of carboxylic acid groups (broad SMARTS) is 1. The molecule has 1 fully saturated rings. The Morgan fingerprint density at radius 2 is 1.88 bits per heavy atom. The topological polar surface area (TPSA) is 118 Å². The Kier molecular flexibility index (Phi) is 6.43. The van der Waals surface area contributed by atoms with Crippen LogP contribution in [0.4, 0.5) is 0 Å². The van der Waals surface area contributed by atoms with E-state index in [4.69, 9.17) is 14.6 Å². The van der Waals surface area contributed by atoms with E-state index in [1.165, 1.54) is 12.3 Å². The lowest BCUT2D eigenvalue weighted by Gasteiger charge is -2.33. The molecule has 0 saturated carbocycles. The first-order valence-corrected chi connectivity index (χ1v) is 10.4. The van der Waals surface area contributed by atoms with Crippen LogP contribution in [-0.2, 0) is 9.53 Å². The summed E-state index contributed by atoms with van der Waals surface area (Å²) in [6.07, 6.45) is 2.50. The lowest BCUT2D eigenvalue weighted by molar-refractivity contribution is -0.135. The number of ether oxygens (including phenoxy) is 2. The van der Waals surface area contributed by atoms with Crippen LogP contribution in [0.5, 0.6) is 11.5 Å². The molecule has 0 atom stereocenters. The van der Waals surface area contributed by atoms with E-state index in [-0.39, 0.29) is 11.4 Å². The summed E-state index contributed by atoms with van der Waals surface area (Å²) in [6, 6.07) is 15.2. The highest BCUT2D eigenvalue weighted by Gasteiger charge is 2.33. The molecule has 1 aliphatic heterocycles. The molecule has 1 amide bonds. The van der Waals surface area contributed by atoms with Gasteiger partial charge in [-0.1, -0.05) is 36.3 Å². The van der Waals surface area contributed by atoms with E-state index in [9.17, 15) is 14.7 Å². The minimum atomic E-state index is -1.20. The third kappa shape index (κ3) is 5.40. The molecular formula is C25H22N2O6. The van der Waals surface area contributed by atoms with Crippen LogP contribution in [0.15, 0.2) is 54.7 Å². The van der Waals surface area contributed by atoms with E-state index in [0.717, 1.165) is 10.8 Å². The van der Waals surface area contributed by atoms with E-state index in [2.05, 4.69) is 22.1 Å². The Morgan fingerprint density at radius 3 is 2.61 bits per heavy atom. The number of aromatic nitrogens is 1. The second kappa shape index (κ2) is 9.59. The van der Waals surface area contributed by atoms with Gasteiger partial charge in [0.05, 0.1) is 13.2 Å². The smallest absolute Gasteiger partial charge is 0.322 e. The van der Waals surface area contributed by atoms with Gasteiger partial charge in [-0.2, -0.15) is 0 Å². The fourth-order valence-corrected chi connectivity index (χ4v) is 3.53. The van der Waals surface area contributed by atoms with Crippen molar-refractivity contribution in [1.29, 1.82) is 0 Å². The molecule has 0 bridgehead atoms. The van der Waals surface area contributed by atoms with Gasteiger partial charge < -0.3 is 25.0 Å². The van der Waals surface area contributed by atoms with Crippen molar-refractivity contribution in [2.75, 3.05) is 19.8 Å². The summed E-state index contributed by atoms with van der Waals surface area (Å²) in [6.45, 7) is 0.446. The van der Waals surface area contributed by atoms with Crippen LogP contribution in [0.1, 0.15) is 28.9 Å². The number of nitrogens with zero attached hydrogens (tertiary/aromatic N) is 1. The van der Waals surface area contributed by atoms with Crippen LogP contribution in [0.3, 0.4) is 0 Å². The molecule has 0 aliphatic carbocycles. The van der Waals surface area contributed by atoms with Gasteiger partial charge in [0.2, 0.25) is 0 Å². The average Bonchev–Trinajstić information content (AvgIpc) is 2.82. The number of aliphatic carboxylic acids is 1. The summed E-state index contributed by atoms with van der Waals surface area (Å²) in [7, 11) is 0. The summed E-state index contributed by atoms with van der Waals surface area (Å²) in [4.78, 5) is 26.5. The second-order valence-electron chi connectivity index (χ2n) is 7.64. The Hall–Kier alpha value is -4.09. The predicted octanol–water partition coefficient (Wildman–Crippen LogP) is 2.73. The lowest BCUT2D eigenvalue weighted by Crippen LogP contribution is -2.40. The number of fused-ring (bicyclic) bond motifs is 1. The molecule has 1 saturated heterocycles. The summed E-state index contributed by atoms with van der Waals surface area (Å²) < 4.78 is 11.9. The molecule has 3 aromatic rings. The molecule has 2 heterocycles. The maximum atomic E-state index is 12.0. The van der Waals surface area contributed by atoms with Crippen molar-refractivity contribution in [2.45, 2.75) is 18.4 Å². The Morgan fingerprint density at radius 1 is 1.12 bits per heavy atom. The molecule has 1 aliphatic rings. The molecule has 3 N–H and O–H groups in total. The number of carboxylic acids is 1. The largest absolute Gasteiger partial charge is 0.505 e. The first-order chi connectivity index (χ1) is 15.9. The SMILES string of the molecule is O=C(O)CNC(=O)c1ncc(C#CC2(Oc3ccc4ccccc4c3)CCOCC2)cc1O. The molecule has 2 aromatic carbocycles. The predicted molar refractivity (Wildman–Crippen MR) is 120 cm³/mol. The van der Waals surface area contributed by atoms with Crippen molar-refractivity contribution in [2.24, 2.45) is 0 Å². The van der Waals surface area contributed by atoms with Gasteiger partial charge in [0.25, 0.3) is 5.91 Å². The van der Waals surface area contributed by atoms with E-state index in [0.29, 0.717) is 37.4 Å². The Balaban J connectivity index is 1.56. The number of carbonyl (C=O) groups excluding carboxylic acids is 1. The summed E-state index contributed by atoms with van der Waals surface area (Å²) >= 11 is 0. The van der Waals surface area contributed by atoms with E-state index in [1.54, 1.807) is 0 Å². The van der Waals surface area contributed by atoms with E-state index < -0.39 is 24.0 Å². The van der Waals surface area contributed by atoms with Crippen LogP contribution < -0.4 is 10.1 Å². The monoisotopic (exact) mass is 446 g/mol. The first-order valence-electron chi connectivity index (χ1n) is 10.4. The van der Waals surface area contributed by atoms with Gasteiger partial charge >= 0.3 is 5.97 Å². The maximum absolute atomic E-state index is 12.0. The quantitative estimate of drug-likeness (QED) is 0.516. The molecule has 168 valence electrons. The number of carbonyl (C=O) groups is 2. The number of aromatic hydroxyl groups is 1. The fraction of sp³-hybridized carbons (Fsp3) is 0.240. The van der Waals surface area contributed by atoms with Crippen molar-refractivity contribution >= 4 is 22.6 Å². The average molecular weight is 446 g/mol. The van der Waals surface area contributed by atoms with Crippen LogP contribution in [-0.4, -0.2) is 52.4 Å². The van der Waals surface area contributed by atoms with Gasteiger partial charge in [-0.3, -0.25) is 9.59 Å². The normalized spacial score (nSPS) is 14.7. The van der Waals surface area contributed by atoms with Gasteiger partial charge in [0.1, 0.15) is 18.0 Å². The first kappa shape index (κ1) is 22.1. The third-order valence-corrected chi connectivity index (χ3v) is 5.25. The van der Waals surface area contributed by atoms with Gasteiger partial charge in [0, 0.05) is 24.6 Å². The van der Waals surface area contributed by atoms with Crippen molar-refractivity contribution in [3.05, 3.63) is 66.0 Å². The highest BCUT2D eigenvalue weighted by molar-refractivity contribution is 5.96. The molecular weight excluding hydrogens is 424 g/mol. The van der Waals surface area contributed by atoms with Gasteiger partial charge in [-0.15, -0.1) is 0 Å². The summed E-state index contributed by atoms with van der Waals surface area (Å²) in [5.41, 5.74) is -0.640. The summed E-state index contributed by atoms with van der Waals surface area (Å²) in [5, 5.41) is 23.2. The number of hydrogen-bond donors (Lipinski definition) is 3. The second-order valence-corrected chi connectivity index (χ2v) is 7.64. The highest BCUT2D eigenvalue weighted by Crippen LogP contribution is 2.30. The van der Waals surface area contributed by atoms with Crippen LogP contribution in [0, 0.1) is 11.8 Å². The van der Waals surface area contributed by atoms with Crippen molar-refractivity contribution in [1.82, 2.24) is 10.3 Å². The van der Waals surface area contributed by atoms with Crippen molar-refractivity contribution < 1.29 is 29.3 Å². The Labute approximate surface area is 190 Å². The number of rotatable bonds is 5. The summed E-state index contributed by atoms with van der Waals surface area (Å²) in [5.74, 6) is 4.51. The minimum absolute atomic E-state index is 0.269. The highest BCUT2D eigenvalue weighted by atomic mass is 16.5. The number of pyridine rings is 1. The number of nitrogens with one attached hydrogen (secondary N) is 1. The zero-order valence-corrected chi connectivity index (χ0v) is 17.7. The minimum Gasteiger partial charge on any atom is -0.505 e. The number of benzene rings is 2.